The minimum Gasteiger partial charge on any atom is -0.505 e. The smallest absolute Gasteiger partial charge is 0.259 e. The van der Waals surface area contributed by atoms with Gasteiger partial charge in [-0.15, -0.1) is 0 Å². The van der Waals surface area contributed by atoms with Crippen molar-refractivity contribution < 1.29 is 9.90 Å². The van der Waals surface area contributed by atoms with Gasteiger partial charge in [0.25, 0.3) is 5.91 Å². The van der Waals surface area contributed by atoms with Crippen molar-refractivity contribution in [1.29, 1.82) is 0 Å². The number of phenols is 1. The van der Waals surface area contributed by atoms with E-state index in [-0.39, 0.29) is 38.2 Å². The number of carbonyl (C=O) groups is 1. The van der Waals surface area contributed by atoms with E-state index < -0.39 is 0 Å². The number of hydrogen-bond acceptors (Lipinski definition) is 3. The number of aromatic hydroxyl groups is 1. The van der Waals surface area contributed by atoms with Crippen LogP contribution in [0.1, 0.15) is 34.9 Å². The zero-order valence-electron chi connectivity index (χ0n) is 14.2. The van der Waals surface area contributed by atoms with Gasteiger partial charge in [-0.1, -0.05) is 46.9 Å². The molecule has 27 heavy (non-hydrogen) atoms. The molecule has 0 atom stereocenters. The zero-order chi connectivity index (χ0) is 19.1. The third-order valence-electron chi connectivity index (χ3n) is 4.94. The average molecular weight is 425 g/mol. The number of hydrogen-bond donors (Lipinski definition) is 2. The summed E-state index contributed by atoms with van der Waals surface area (Å²) in [6.45, 7) is 1.06. The highest BCUT2D eigenvalue weighted by atomic mass is 35.5. The second-order valence-electron chi connectivity index (χ2n) is 6.58. The van der Waals surface area contributed by atoms with Crippen LogP contribution < -0.4 is 0 Å². The normalized spacial score (nSPS) is 15.4. The second-order valence-corrected chi connectivity index (χ2v) is 7.78. The van der Waals surface area contributed by atoms with Gasteiger partial charge < -0.3 is 15.0 Å². The van der Waals surface area contributed by atoms with Gasteiger partial charge in [0, 0.05) is 19.0 Å². The van der Waals surface area contributed by atoms with Crippen molar-refractivity contribution in [3.63, 3.8) is 0 Å². The van der Waals surface area contributed by atoms with E-state index in [2.05, 4.69) is 9.97 Å². The summed E-state index contributed by atoms with van der Waals surface area (Å²) in [5.74, 6) is 0.476. The van der Waals surface area contributed by atoms with Crippen LogP contribution in [0.5, 0.6) is 5.75 Å². The van der Waals surface area contributed by atoms with Crippen molar-refractivity contribution in [3.8, 4) is 5.75 Å². The number of amides is 1. The lowest BCUT2D eigenvalue weighted by molar-refractivity contribution is 0.0708. The first-order valence-electron chi connectivity index (χ1n) is 8.56. The number of aromatic nitrogens is 2. The fourth-order valence-electron chi connectivity index (χ4n) is 3.46. The molecular formula is C19H16Cl3N3O2. The molecule has 0 saturated carbocycles. The van der Waals surface area contributed by atoms with Crippen LogP contribution in [0.3, 0.4) is 0 Å². The van der Waals surface area contributed by atoms with Crippen molar-refractivity contribution >= 4 is 51.7 Å². The summed E-state index contributed by atoms with van der Waals surface area (Å²) in [5, 5.41) is 10.3. The van der Waals surface area contributed by atoms with Crippen LogP contribution in [0.2, 0.25) is 15.1 Å². The Morgan fingerprint density at radius 1 is 1.15 bits per heavy atom. The topological polar surface area (TPSA) is 69.2 Å². The Kier molecular flexibility index (Phi) is 4.93. The Bertz CT molecular complexity index is 967. The monoisotopic (exact) mass is 423 g/mol. The molecule has 2 aromatic carbocycles. The van der Waals surface area contributed by atoms with Gasteiger partial charge in [0.05, 0.1) is 26.1 Å². The van der Waals surface area contributed by atoms with E-state index in [1.165, 1.54) is 6.07 Å². The minimum atomic E-state index is -0.370. The van der Waals surface area contributed by atoms with E-state index >= 15 is 0 Å². The van der Waals surface area contributed by atoms with Crippen molar-refractivity contribution in [1.82, 2.24) is 14.9 Å². The first kappa shape index (κ1) is 18.4. The first-order chi connectivity index (χ1) is 13.0. The molecule has 140 valence electrons. The molecule has 1 amide bonds. The number of likely N-dealkylation sites (tertiary alicyclic amines) is 1. The van der Waals surface area contributed by atoms with Gasteiger partial charge in [0.1, 0.15) is 17.1 Å². The second kappa shape index (κ2) is 7.23. The molecule has 0 radical (unpaired) electrons. The number of nitrogens with one attached hydrogen (secondary N) is 1. The van der Waals surface area contributed by atoms with Gasteiger partial charge in [-0.3, -0.25) is 4.79 Å². The third-order valence-corrected chi connectivity index (χ3v) is 6.01. The number of imidazole rings is 1. The molecule has 4 rings (SSSR count). The molecule has 1 aliphatic rings. The number of H-pyrrole nitrogens is 1. The molecule has 0 aliphatic carbocycles. The lowest BCUT2D eigenvalue weighted by Crippen LogP contribution is -2.38. The van der Waals surface area contributed by atoms with E-state index in [0.29, 0.717) is 13.1 Å². The SMILES string of the molecule is O=C(c1c(O)c(Cl)cc(Cl)c1Cl)N1CCC(c2nc3ccccc3[nH]2)CC1. The van der Waals surface area contributed by atoms with Crippen LogP contribution in [-0.2, 0) is 0 Å². The number of nitrogens with zero attached hydrogens (tertiary/aromatic N) is 2. The molecule has 0 bridgehead atoms. The number of halogens is 3. The van der Waals surface area contributed by atoms with E-state index in [4.69, 9.17) is 34.8 Å². The molecule has 5 nitrogen and oxygen atoms in total. The Morgan fingerprint density at radius 2 is 1.85 bits per heavy atom. The lowest BCUT2D eigenvalue weighted by Gasteiger charge is -2.31. The molecule has 1 aliphatic heterocycles. The van der Waals surface area contributed by atoms with E-state index in [9.17, 15) is 9.90 Å². The Hall–Kier alpha value is -1.95. The number of para-hydroxylation sites is 2. The van der Waals surface area contributed by atoms with Crippen molar-refractivity contribution in [2.45, 2.75) is 18.8 Å². The van der Waals surface area contributed by atoms with Crippen LogP contribution in [0.25, 0.3) is 11.0 Å². The highest BCUT2D eigenvalue weighted by Crippen LogP contribution is 2.39. The molecule has 0 unspecified atom stereocenters. The van der Waals surface area contributed by atoms with E-state index in [1.807, 2.05) is 24.3 Å². The van der Waals surface area contributed by atoms with Crippen LogP contribution in [-0.4, -0.2) is 39.0 Å². The summed E-state index contributed by atoms with van der Waals surface area (Å²) in [4.78, 5) is 22.6. The van der Waals surface area contributed by atoms with E-state index in [1.54, 1.807) is 4.90 Å². The summed E-state index contributed by atoms with van der Waals surface area (Å²) in [6.07, 6.45) is 1.52. The van der Waals surface area contributed by atoms with Crippen LogP contribution >= 0.6 is 34.8 Å². The van der Waals surface area contributed by atoms with Gasteiger partial charge in [0.2, 0.25) is 0 Å². The highest BCUT2D eigenvalue weighted by molar-refractivity contribution is 6.45. The van der Waals surface area contributed by atoms with Gasteiger partial charge >= 0.3 is 0 Å². The lowest BCUT2D eigenvalue weighted by atomic mass is 9.95. The largest absolute Gasteiger partial charge is 0.505 e. The summed E-state index contributed by atoms with van der Waals surface area (Å²) < 4.78 is 0. The Morgan fingerprint density at radius 3 is 2.56 bits per heavy atom. The van der Waals surface area contributed by atoms with Crippen LogP contribution in [0, 0.1) is 0 Å². The molecule has 2 heterocycles. The van der Waals surface area contributed by atoms with Gasteiger partial charge in [-0.25, -0.2) is 4.98 Å². The molecule has 8 heteroatoms. The molecule has 3 aromatic rings. The van der Waals surface area contributed by atoms with Crippen molar-refractivity contribution in [2.24, 2.45) is 0 Å². The predicted molar refractivity (Wildman–Crippen MR) is 107 cm³/mol. The van der Waals surface area contributed by atoms with Gasteiger partial charge in [-0.05, 0) is 31.0 Å². The number of fused-ring (bicyclic) bond motifs is 1. The maximum Gasteiger partial charge on any atom is 0.259 e. The number of aromatic amines is 1. The number of rotatable bonds is 2. The van der Waals surface area contributed by atoms with Crippen molar-refractivity contribution in [2.75, 3.05) is 13.1 Å². The standard InChI is InChI=1S/C19H16Cl3N3O2/c20-11-9-12(21)17(26)15(16(11)22)19(27)25-7-5-10(6-8-25)18-23-13-3-1-2-4-14(13)24-18/h1-4,9-10,26H,5-8H2,(H,23,24). The van der Waals surface area contributed by atoms with Crippen molar-refractivity contribution in [3.05, 3.63) is 56.8 Å². The number of carbonyl (C=O) groups excluding carboxylic acids is 1. The summed E-state index contributed by atoms with van der Waals surface area (Å²) in [6, 6.07) is 9.23. The minimum absolute atomic E-state index is 0.00455. The van der Waals surface area contributed by atoms with Crippen LogP contribution in [0.15, 0.2) is 30.3 Å². The molecular weight excluding hydrogens is 409 g/mol. The maximum absolute atomic E-state index is 12.9. The predicted octanol–water partition coefficient (Wildman–Crippen LogP) is 5.25. The van der Waals surface area contributed by atoms with Crippen LogP contribution in [0.4, 0.5) is 0 Å². The maximum atomic E-state index is 12.9. The molecule has 1 saturated heterocycles. The first-order valence-corrected chi connectivity index (χ1v) is 9.69. The number of piperidine rings is 1. The Balaban J connectivity index is 1.52. The number of benzene rings is 2. The third kappa shape index (κ3) is 3.35. The van der Waals surface area contributed by atoms with E-state index in [0.717, 1.165) is 29.7 Å². The molecule has 0 spiro atoms. The fourth-order valence-corrected chi connectivity index (χ4v) is 4.15. The molecule has 1 fully saturated rings. The molecule has 1 aromatic heterocycles. The number of phenolic OH excluding ortho intramolecular Hbond substituents is 1. The molecule has 2 N–H and O–H groups in total. The quantitative estimate of drug-likeness (QED) is 0.552. The average Bonchev–Trinajstić information content (AvgIpc) is 3.11. The fraction of sp³-hybridized carbons (Fsp3) is 0.263. The summed E-state index contributed by atoms with van der Waals surface area (Å²) in [5.41, 5.74) is 1.91. The van der Waals surface area contributed by atoms with Gasteiger partial charge in [-0.2, -0.15) is 0 Å². The zero-order valence-corrected chi connectivity index (χ0v) is 16.4. The highest BCUT2D eigenvalue weighted by Gasteiger charge is 2.30. The Labute approximate surface area is 170 Å². The summed E-state index contributed by atoms with van der Waals surface area (Å²) >= 11 is 18.1. The summed E-state index contributed by atoms with van der Waals surface area (Å²) in [7, 11) is 0. The van der Waals surface area contributed by atoms with Gasteiger partial charge in [0.15, 0.2) is 0 Å².